The Morgan fingerprint density at radius 3 is 2.15 bits per heavy atom. The molecule has 0 saturated heterocycles. The molecule has 2 rings (SSSR count). The van der Waals surface area contributed by atoms with Crippen molar-refractivity contribution in [2.75, 3.05) is 0 Å². The van der Waals surface area contributed by atoms with Crippen molar-refractivity contribution in [2.24, 2.45) is 0 Å². The van der Waals surface area contributed by atoms with Gasteiger partial charge in [-0.05, 0) is 77.5 Å². The van der Waals surface area contributed by atoms with Crippen LogP contribution in [0.25, 0.3) is 0 Å². The molecule has 0 aliphatic rings. The Hall–Kier alpha value is -0.830. The molecule has 0 bridgehead atoms. The molecule has 0 aromatic heterocycles. The molecule has 0 aliphatic carbocycles. The van der Waals surface area contributed by atoms with Crippen molar-refractivity contribution in [3.63, 3.8) is 0 Å². The van der Waals surface area contributed by atoms with Crippen molar-refractivity contribution in [3.05, 3.63) is 67.1 Å². The van der Waals surface area contributed by atoms with Gasteiger partial charge < -0.3 is 5.11 Å². The number of halogens is 2. The van der Waals surface area contributed by atoms with Crippen LogP contribution in [0.1, 0.15) is 39.5 Å². The fourth-order valence-electron chi connectivity index (χ4n) is 2.54. The topological polar surface area (TPSA) is 20.2 Å². The Kier molecular flexibility index (Phi) is 4.58. The zero-order valence-electron chi connectivity index (χ0n) is 12.1. The van der Waals surface area contributed by atoms with Gasteiger partial charge in [-0.1, -0.05) is 29.8 Å². The van der Waals surface area contributed by atoms with E-state index in [4.69, 9.17) is 11.6 Å². The van der Waals surface area contributed by atoms with Gasteiger partial charge in [0.2, 0.25) is 0 Å². The number of aliphatic hydroxyl groups is 1. The molecule has 0 amide bonds. The number of benzene rings is 2. The highest BCUT2D eigenvalue weighted by Gasteiger charge is 2.21. The zero-order chi connectivity index (χ0) is 15.0. The normalized spacial score (nSPS) is 12.6. The summed E-state index contributed by atoms with van der Waals surface area (Å²) in [4.78, 5) is 0. The van der Waals surface area contributed by atoms with Crippen LogP contribution in [0.2, 0.25) is 5.02 Å². The summed E-state index contributed by atoms with van der Waals surface area (Å²) in [6.45, 7) is 8.24. The summed E-state index contributed by atoms with van der Waals surface area (Å²) in [6, 6.07) is 7.79. The van der Waals surface area contributed by atoms with Crippen molar-refractivity contribution in [2.45, 2.75) is 33.8 Å². The zero-order valence-corrected chi connectivity index (χ0v) is 14.4. The summed E-state index contributed by atoms with van der Waals surface area (Å²) in [6.07, 6.45) is -0.710. The highest BCUT2D eigenvalue weighted by Crippen LogP contribution is 2.37. The molecular formula is C17H18BrClO. The first-order valence-electron chi connectivity index (χ1n) is 6.53. The van der Waals surface area contributed by atoms with Gasteiger partial charge in [-0.2, -0.15) is 0 Å². The average molecular weight is 354 g/mol. The lowest BCUT2D eigenvalue weighted by atomic mass is 9.88. The van der Waals surface area contributed by atoms with Crippen molar-refractivity contribution >= 4 is 27.5 Å². The molecule has 0 aliphatic heterocycles. The monoisotopic (exact) mass is 352 g/mol. The lowest BCUT2D eigenvalue weighted by Crippen LogP contribution is -2.08. The van der Waals surface area contributed by atoms with Gasteiger partial charge in [0.25, 0.3) is 0 Å². The Morgan fingerprint density at radius 1 is 1.05 bits per heavy atom. The van der Waals surface area contributed by atoms with Gasteiger partial charge in [0.15, 0.2) is 0 Å². The van der Waals surface area contributed by atoms with Crippen LogP contribution in [0, 0.1) is 27.7 Å². The minimum absolute atomic E-state index is 0.568. The van der Waals surface area contributed by atoms with E-state index in [9.17, 15) is 5.11 Å². The predicted molar refractivity (Wildman–Crippen MR) is 88.6 cm³/mol. The number of aryl methyl sites for hydroxylation is 2. The van der Waals surface area contributed by atoms with Crippen LogP contribution in [-0.2, 0) is 0 Å². The minimum Gasteiger partial charge on any atom is -0.384 e. The summed E-state index contributed by atoms with van der Waals surface area (Å²) in [7, 11) is 0. The van der Waals surface area contributed by atoms with Crippen molar-refractivity contribution in [3.8, 4) is 0 Å². The molecule has 2 aromatic rings. The Morgan fingerprint density at radius 2 is 1.60 bits per heavy atom. The summed E-state index contributed by atoms with van der Waals surface area (Å²) in [5, 5.41) is 11.4. The number of hydrogen-bond donors (Lipinski definition) is 1. The molecule has 20 heavy (non-hydrogen) atoms. The molecule has 1 N–H and O–H groups in total. The lowest BCUT2D eigenvalue weighted by Gasteiger charge is -2.21. The van der Waals surface area contributed by atoms with Crippen LogP contribution in [0.5, 0.6) is 0 Å². The van der Waals surface area contributed by atoms with E-state index >= 15 is 0 Å². The van der Waals surface area contributed by atoms with E-state index < -0.39 is 6.10 Å². The molecule has 1 atom stereocenters. The Labute approximate surface area is 133 Å². The Bertz CT molecular complexity index is 638. The van der Waals surface area contributed by atoms with Gasteiger partial charge in [-0.15, -0.1) is 0 Å². The number of aliphatic hydroxyl groups excluding tert-OH is 1. The van der Waals surface area contributed by atoms with Crippen molar-refractivity contribution < 1.29 is 5.11 Å². The SMILES string of the molecule is Cc1cc(C)c(C)c(C(O)c2cccc(Br)c2Cl)c1C. The molecule has 0 heterocycles. The fourth-order valence-corrected chi connectivity index (χ4v) is 3.16. The first-order chi connectivity index (χ1) is 9.34. The molecule has 0 radical (unpaired) electrons. The van der Waals surface area contributed by atoms with Crippen LogP contribution in [0.4, 0.5) is 0 Å². The second-order valence-corrected chi connectivity index (χ2v) is 6.45. The quantitative estimate of drug-likeness (QED) is 0.764. The predicted octanol–water partition coefficient (Wildman–Crippen LogP) is 5.42. The van der Waals surface area contributed by atoms with Gasteiger partial charge in [-0.3, -0.25) is 0 Å². The second-order valence-electron chi connectivity index (χ2n) is 5.22. The molecule has 0 spiro atoms. The molecule has 0 saturated carbocycles. The first kappa shape index (κ1) is 15.6. The summed E-state index contributed by atoms with van der Waals surface area (Å²) in [5.74, 6) is 0. The fraction of sp³-hybridized carbons (Fsp3) is 0.294. The molecule has 106 valence electrons. The van der Waals surface area contributed by atoms with E-state index in [0.29, 0.717) is 5.02 Å². The molecule has 2 aromatic carbocycles. The number of rotatable bonds is 2. The first-order valence-corrected chi connectivity index (χ1v) is 7.71. The van der Waals surface area contributed by atoms with Gasteiger partial charge in [-0.25, -0.2) is 0 Å². The largest absolute Gasteiger partial charge is 0.384 e. The third kappa shape index (κ3) is 2.65. The van der Waals surface area contributed by atoms with Crippen LogP contribution < -0.4 is 0 Å². The van der Waals surface area contributed by atoms with E-state index in [1.807, 2.05) is 32.0 Å². The molecule has 1 nitrogen and oxygen atoms in total. The molecule has 3 heteroatoms. The van der Waals surface area contributed by atoms with Crippen LogP contribution in [0.3, 0.4) is 0 Å². The van der Waals surface area contributed by atoms with Crippen molar-refractivity contribution in [1.82, 2.24) is 0 Å². The smallest absolute Gasteiger partial charge is 0.106 e. The third-order valence-corrected chi connectivity index (χ3v) is 5.28. The van der Waals surface area contributed by atoms with Gasteiger partial charge in [0, 0.05) is 10.0 Å². The maximum Gasteiger partial charge on any atom is 0.106 e. The highest BCUT2D eigenvalue weighted by atomic mass is 79.9. The van der Waals surface area contributed by atoms with E-state index in [2.05, 4.69) is 35.8 Å². The summed E-state index contributed by atoms with van der Waals surface area (Å²) in [5.41, 5.74) is 6.31. The third-order valence-electron chi connectivity index (χ3n) is 3.97. The second kappa shape index (κ2) is 5.88. The standard InChI is InChI=1S/C17H18BrClO/c1-9-8-10(2)12(4)15(11(9)3)17(20)13-6-5-7-14(18)16(13)19/h5-8,17,20H,1-4H3. The van der Waals surface area contributed by atoms with Gasteiger partial charge in [0.05, 0.1) is 5.02 Å². The molecule has 0 fully saturated rings. The van der Waals surface area contributed by atoms with E-state index in [-0.39, 0.29) is 0 Å². The maximum absolute atomic E-state index is 10.8. The van der Waals surface area contributed by atoms with Crippen LogP contribution >= 0.6 is 27.5 Å². The van der Waals surface area contributed by atoms with Gasteiger partial charge >= 0.3 is 0 Å². The minimum atomic E-state index is -0.710. The van der Waals surface area contributed by atoms with E-state index in [1.165, 1.54) is 11.1 Å². The highest BCUT2D eigenvalue weighted by molar-refractivity contribution is 9.10. The number of hydrogen-bond acceptors (Lipinski definition) is 1. The average Bonchev–Trinajstić information content (AvgIpc) is 2.40. The van der Waals surface area contributed by atoms with Gasteiger partial charge in [0.1, 0.15) is 6.10 Å². The Balaban J connectivity index is 2.65. The van der Waals surface area contributed by atoms with Crippen molar-refractivity contribution in [1.29, 1.82) is 0 Å². The van der Waals surface area contributed by atoms with E-state index in [0.717, 1.165) is 26.7 Å². The summed E-state index contributed by atoms with van der Waals surface area (Å²) >= 11 is 9.73. The summed E-state index contributed by atoms with van der Waals surface area (Å²) < 4.78 is 0.801. The molecular weight excluding hydrogens is 336 g/mol. The lowest BCUT2D eigenvalue weighted by molar-refractivity contribution is 0.218. The van der Waals surface area contributed by atoms with Crippen LogP contribution in [-0.4, -0.2) is 5.11 Å². The van der Waals surface area contributed by atoms with E-state index in [1.54, 1.807) is 0 Å². The van der Waals surface area contributed by atoms with Crippen LogP contribution in [0.15, 0.2) is 28.7 Å². The molecule has 1 unspecified atom stereocenters. The maximum atomic E-state index is 10.8.